The molecule has 1 aliphatic heterocycles. The van der Waals surface area contributed by atoms with Gasteiger partial charge in [0.1, 0.15) is 15.8 Å². The van der Waals surface area contributed by atoms with Crippen molar-refractivity contribution in [3.63, 3.8) is 0 Å². The highest BCUT2D eigenvalue weighted by molar-refractivity contribution is 8.26. The first kappa shape index (κ1) is 20.1. The molecular weight excluding hydrogens is 416 g/mol. The molecule has 1 aromatic carbocycles. The van der Waals surface area contributed by atoms with Gasteiger partial charge in [-0.3, -0.25) is 18.9 Å². The maximum absolute atomic E-state index is 13.1. The number of fused-ring (bicyclic) bond motifs is 1. The number of hydrogen-bond donors (Lipinski definition) is 1. The van der Waals surface area contributed by atoms with Gasteiger partial charge >= 0.3 is 0 Å². The number of anilines is 1. The van der Waals surface area contributed by atoms with E-state index in [1.54, 1.807) is 35.4 Å². The third-order valence-corrected chi connectivity index (χ3v) is 5.89. The van der Waals surface area contributed by atoms with E-state index >= 15 is 0 Å². The summed E-state index contributed by atoms with van der Waals surface area (Å²) in [7, 11) is 0. The van der Waals surface area contributed by atoms with Gasteiger partial charge in [0.25, 0.3) is 11.5 Å². The van der Waals surface area contributed by atoms with Crippen molar-refractivity contribution in [2.75, 3.05) is 11.9 Å². The van der Waals surface area contributed by atoms with E-state index in [2.05, 4.69) is 16.9 Å². The van der Waals surface area contributed by atoms with Crippen LogP contribution < -0.4 is 10.9 Å². The first-order chi connectivity index (χ1) is 14.6. The van der Waals surface area contributed by atoms with Crippen molar-refractivity contribution in [3.05, 3.63) is 93.8 Å². The molecular formula is C22H18N4O2S2. The molecule has 0 bridgehead atoms. The van der Waals surface area contributed by atoms with E-state index in [-0.39, 0.29) is 11.5 Å². The molecule has 30 heavy (non-hydrogen) atoms. The number of nitrogens with zero attached hydrogens (tertiary/aromatic N) is 3. The van der Waals surface area contributed by atoms with Gasteiger partial charge in [-0.1, -0.05) is 66.5 Å². The molecule has 6 nitrogen and oxygen atoms in total. The minimum Gasteiger partial charge on any atom is -0.366 e. The first-order valence-electron chi connectivity index (χ1n) is 9.24. The maximum Gasteiger partial charge on any atom is 0.267 e. The zero-order valence-corrected chi connectivity index (χ0v) is 17.6. The molecule has 1 aliphatic rings. The zero-order chi connectivity index (χ0) is 21.1. The van der Waals surface area contributed by atoms with Crippen LogP contribution in [0, 0.1) is 0 Å². The van der Waals surface area contributed by atoms with Gasteiger partial charge in [0.05, 0.1) is 17.0 Å². The summed E-state index contributed by atoms with van der Waals surface area (Å²) in [4.78, 5) is 32.6. The standard InChI is InChI=1S/C22H18N4O2S2/c1-2-11-23-19-16(20(27)25-12-7-6-10-18(25)24-19)13-17-21(28)26(22(29)30-17)14-15-8-4-3-5-9-15/h2-10,12-13,23H,1,11,14H2/b17-13-. The number of amides is 1. The van der Waals surface area contributed by atoms with Gasteiger partial charge in [-0.2, -0.15) is 0 Å². The van der Waals surface area contributed by atoms with E-state index < -0.39 is 0 Å². The Morgan fingerprint density at radius 1 is 1.13 bits per heavy atom. The molecule has 3 aromatic rings. The molecule has 8 heteroatoms. The Labute approximate surface area is 182 Å². The average molecular weight is 435 g/mol. The van der Waals surface area contributed by atoms with Crippen LogP contribution in [0.4, 0.5) is 5.82 Å². The second-order valence-corrected chi connectivity index (χ2v) is 8.21. The molecule has 0 atom stereocenters. The predicted octanol–water partition coefficient (Wildman–Crippen LogP) is 3.69. The minimum absolute atomic E-state index is 0.221. The smallest absolute Gasteiger partial charge is 0.267 e. The molecule has 1 amide bonds. The van der Waals surface area contributed by atoms with E-state index in [1.807, 2.05) is 36.4 Å². The molecule has 150 valence electrons. The molecule has 0 aliphatic carbocycles. The molecule has 0 radical (unpaired) electrons. The number of thioether (sulfide) groups is 1. The Balaban J connectivity index is 1.74. The highest BCUT2D eigenvalue weighted by atomic mass is 32.2. The zero-order valence-electron chi connectivity index (χ0n) is 15.9. The van der Waals surface area contributed by atoms with Crippen LogP contribution in [0.15, 0.2) is 77.1 Å². The normalized spacial score (nSPS) is 15.2. The molecule has 0 unspecified atom stereocenters. The Hall–Kier alpha value is -3.23. The number of thiocarbonyl (C=S) groups is 1. The Kier molecular flexibility index (Phi) is 5.78. The van der Waals surface area contributed by atoms with E-state index in [9.17, 15) is 9.59 Å². The summed E-state index contributed by atoms with van der Waals surface area (Å²) in [5.74, 6) is 0.181. The van der Waals surface area contributed by atoms with Crippen LogP contribution in [0.2, 0.25) is 0 Å². The van der Waals surface area contributed by atoms with Crippen LogP contribution in [0.3, 0.4) is 0 Å². The summed E-state index contributed by atoms with van der Waals surface area (Å²) in [5, 5.41) is 3.09. The number of carbonyl (C=O) groups excluding carboxylic acids is 1. The number of aromatic nitrogens is 2. The van der Waals surface area contributed by atoms with E-state index in [0.717, 1.165) is 5.56 Å². The summed E-state index contributed by atoms with van der Waals surface area (Å²) in [5.41, 5.74) is 1.54. The SMILES string of the molecule is C=CCNc1nc2ccccn2c(=O)c1/C=C1\SC(=S)N(Cc2ccccc2)C1=O. The lowest BCUT2D eigenvalue weighted by Gasteiger charge is -2.14. The second-order valence-electron chi connectivity index (χ2n) is 6.53. The molecule has 0 saturated carbocycles. The van der Waals surface area contributed by atoms with Crippen LogP contribution in [0.5, 0.6) is 0 Å². The number of benzene rings is 1. The van der Waals surface area contributed by atoms with Crippen molar-refractivity contribution in [3.8, 4) is 0 Å². The number of nitrogens with one attached hydrogen (secondary N) is 1. The Bertz CT molecular complexity index is 1230. The summed E-state index contributed by atoms with van der Waals surface area (Å²) in [6, 6.07) is 15.0. The van der Waals surface area contributed by atoms with Crippen molar-refractivity contribution < 1.29 is 4.79 Å². The topological polar surface area (TPSA) is 66.7 Å². The van der Waals surface area contributed by atoms with Crippen LogP contribution in [-0.4, -0.2) is 31.1 Å². The van der Waals surface area contributed by atoms with E-state index in [4.69, 9.17) is 12.2 Å². The largest absolute Gasteiger partial charge is 0.366 e. The van der Waals surface area contributed by atoms with Gasteiger partial charge < -0.3 is 5.32 Å². The Morgan fingerprint density at radius 3 is 2.67 bits per heavy atom. The van der Waals surface area contributed by atoms with Crippen molar-refractivity contribution in [2.45, 2.75) is 6.54 Å². The molecule has 1 N–H and O–H groups in total. The van der Waals surface area contributed by atoms with Crippen LogP contribution in [0.25, 0.3) is 11.7 Å². The van der Waals surface area contributed by atoms with Gasteiger partial charge in [0.2, 0.25) is 0 Å². The van der Waals surface area contributed by atoms with Crippen LogP contribution >= 0.6 is 24.0 Å². The summed E-state index contributed by atoms with van der Waals surface area (Å²) >= 11 is 6.61. The Morgan fingerprint density at radius 2 is 1.90 bits per heavy atom. The molecule has 3 heterocycles. The van der Waals surface area contributed by atoms with E-state index in [1.165, 1.54) is 16.2 Å². The lowest BCUT2D eigenvalue weighted by atomic mass is 10.2. The minimum atomic E-state index is -0.263. The summed E-state index contributed by atoms with van der Waals surface area (Å²) in [6.45, 7) is 4.52. The number of carbonyl (C=O) groups is 1. The highest BCUT2D eigenvalue weighted by Gasteiger charge is 2.32. The quantitative estimate of drug-likeness (QED) is 0.363. The van der Waals surface area contributed by atoms with Crippen LogP contribution in [0.1, 0.15) is 11.1 Å². The van der Waals surface area contributed by atoms with Gasteiger partial charge in [-0.15, -0.1) is 6.58 Å². The first-order valence-corrected chi connectivity index (χ1v) is 10.5. The van der Waals surface area contributed by atoms with Crippen LogP contribution in [-0.2, 0) is 11.3 Å². The molecule has 2 aromatic heterocycles. The third-order valence-electron chi connectivity index (χ3n) is 4.52. The highest BCUT2D eigenvalue weighted by Crippen LogP contribution is 2.34. The fourth-order valence-corrected chi connectivity index (χ4v) is 4.31. The lowest BCUT2D eigenvalue weighted by molar-refractivity contribution is -0.122. The molecule has 0 spiro atoms. The lowest BCUT2D eigenvalue weighted by Crippen LogP contribution is -2.27. The van der Waals surface area contributed by atoms with Crippen molar-refractivity contribution in [1.29, 1.82) is 0 Å². The molecule has 1 saturated heterocycles. The molecule has 1 fully saturated rings. The predicted molar refractivity (Wildman–Crippen MR) is 125 cm³/mol. The second kappa shape index (κ2) is 8.64. The van der Waals surface area contributed by atoms with Gasteiger partial charge in [-0.05, 0) is 23.8 Å². The van der Waals surface area contributed by atoms with Gasteiger partial charge in [0, 0.05) is 12.7 Å². The average Bonchev–Trinajstić information content (AvgIpc) is 3.02. The van der Waals surface area contributed by atoms with Gasteiger partial charge in [0.15, 0.2) is 0 Å². The number of hydrogen-bond acceptors (Lipinski definition) is 6. The summed E-state index contributed by atoms with van der Waals surface area (Å²) in [6.07, 6.45) is 4.90. The van der Waals surface area contributed by atoms with Crippen molar-refractivity contribution in [1.82, 2.24) is 14.3 Å². The maximum atomic E-state index is 13.1. The fourth-order valence-electron chi connectivity index (χ4n) is 3.07. The van der Waals surface area contributed by atoms with Crippen molar-refractivity contribution >= 4 is 51.7 Å². The number of rotatable bonds is 6. The fraction of sp³-hybridized carbons (Fsp3) is 0.0909. The number of pyridine rings is 1. The summed E-state index contributed by atoms with van der Waals surface area (Å²) < 4.78 is 1.92. The third kappa shape index (κ3) is 3.92. The van der Waals surface area contributed by atoms with Gasteiger partial charge in [-0.25, -0.2) is 4.98 Å². The monoisotopic (exact) mass is 434 g/mol. The molecule has 4 rings (SSSR count). The van der Waals surface area contributed by atoms with Crippen molar-refractivity contribution in [2.24, 2.45) is 0 Å². The van der Waals surface area contributed by atoms with E-state index in [0.29, 0.717) is 39.3 Å².